The average Bonchev–Trinajstić information content (AvgIpc) is 2.72. The van der Waals surface area contributed by atoms with Gasteiger partial charge in [0, 0.05) is 27.6 Å². The van der Waals surface area contributed by atoms with Gasteiger partial charge in [0.1, 0.15) is 22.2 Å². The number of thiocarbonyl (C=S) groups is 1. The third-order valence-electron chi connectivity index (χ3n) is 4.82. The van der Waals surface area contributed by atoms with Crippen LogP contribution in [0.2, 0.25) is 5.02 Å². The lowest BCUT2D eigenvalue weighted by molar-refractivity contribution is 0.500. The van der Waals surface area contributed by atoms with E-state index < -0.39 is 10.7 Å². The molecule has 0 aromatic heterocycles. The van der Waals surface area contributed by atoms with Gasteiger partial charge < -0.3 is 4.74 Å². The highest BCUT2D eigenvalue weighted by Gasteiger charge is 2.30. The smallest absolute Gasteiger partial charge is 0.144 e. The summed E-state index contributed by atoms with van der Waals surface area (Å²) < 4.78 is 28.4. The van der Waals surface area contributed by atoms with Crippen molar-refractivity contribution >= 4 is 51.2 Å². The highest BCUT2D eigenvalue weighted by Crippen LogP contribution is 2.46. The zero-order chi connectivity index (χ0) is 20.4. The Hall–Kier alpha value is -2.47. The molecule has 0 aliphatic carbocycles. The molecule has 0 saturated heterocycles. The van der Waals surface area contributed by atoms with Crippen molar-refractivity contribution in [3.63, 3.8) is 0 Å². The summed E-state index contributed by atoms with van der Waals surface area (Å²) in [6.45, 7) is 0. The normalized spacial score (nSPS) is 15.7. The molecule has 0 N–H and O–H groups in total. The van der Waals surface area contributed by atoms with Crippen LogP contribution in [0.15, 0.2) is 72.8 Å². The van der Waals surface area contributed by atoms with Crippen LogP contribution < -0.4 is 4.74 Å². The summed E-state index contributed by atoms with van der Waals surface area (Å²) in [6, 6.07) is 22.8. The van der Waals surface area contributed by atoms with Crippen LogP contribution >= 0.6 is 23.8 Å². The molecule has 0 fully saturated rings. The van der Waals surface area contributed by atoms with E-state index in [1.807, 2.05) is 60.7 Å². The predicted octanol–water partition coefficient (Wildman–Crippen LogP) is 5.50. The Balaban J connectivity index is 1.91. The fourth-order valence-electron chi connectivity index (χ4n) is 3.53. The fourth-order valence-corrected chi connectivity index (χ4v) is 4.51. The Labute approximate surface area is 181 Å². The van der Waals surface area contributed by atoms with E-state index in [9.17, 15) is 8.42 Å². The van der Waals surface area contributed by atoms with Gasteiger partial charge in [-0.3, -0.25) is 0 Å². The third-order valence-corrected chi connectivity index (χ3v) is 5.95. The molecule has 6 heteroatoms. The van der Waals surface area contributed by atoms with Crippen LogP contribution in [-0.2, 0) is 16.5 Å². The molecule has 1 heterocycles. The number of hydrogen-bond donors (Lipinski definition) is 1. The fraction of sp³-hybridized carbons (Fsp3) is 0.0870. The molecular weight excluding hydrogens is 424 g/mol. The van der Waals surface area contributed by atoms with Gasteiger partial charge in [-0.1, -0.05) is 78.4 Å². The zero-order valence-corrected chi connectivity index (χ0v) is 17.7. The standard InChI is InChI=1S/C23H17ClO3S2/c24-18-5-3-4-17(12-18)22-20(13-28)19-6-1-2-7-21(19)27-23(22)16-10-8-15(9-11-16)14-29(25)26/h1-13,20,29H,14H2. The summed E-state index contributed by atoms with van der Waals surface area (Å²) in [4.78, 5) is 0. The van der Waals surface area contributed by atoms with Crippen LogP contribution in [0.3, 0.4) is 0 Å². The summed E-state index contributed by atoms with van der Waals surface area (Å²) in [5, 5.41) is 2.37. The van der Waals surface area contributed by atoms with Gasteiger partial charge in [-0.05, 0) is 34.7 Å². The Morgan fingerprint density at radius 2 is 1.72 bits per heavy atom. The molecule has 3 aromatic carbocycles. The molecule has 0 amide bonds. The lowest BCUT2D eigenvalue weighted by atomic mass is 9.83. The summed E-state index contributed by atoms with van der Waals surface area (Å²) in [6.07, 6.45) is 0. The second-order valence-corrected chi connectivity index (χ2v) is 8.38. The van der Waals surface area contributed by atoms with Crippen LogP contribution in [0.1, 0.15) is 28.2 Å². The first-order valence-corrected chi connectivity index (χ1v) is 11.2. The largest absolute Gasteiger partial charge is 0.456 e. The van der Waals surface area contributed by atoms with Gasteiger partial charge in [0.25, 0.3) is 0 Å². The first-order valence-electron chi connectivity index (χ1n) is 9.00. The molecule has 1 unspecified atom stereocenters. The minimum absolute atomic E-state index is 0.0159. The molecule has 3 aromatic rings. The molecular formula is C23H17ClO3S2. The molecule has 1 aliphatic heterocycles. The van der Waals surface area contributed by atoms with Crippen molar-refractivity contribution in [2.45, 2.75) is 11.7 Å². The number of thiol groups is 1. The molecule has 29 heavy (non-hydrogen) atoms. The maximum absolute atomic E-state index is 11.0. The Kier molecular flexibility index (Phi) is 5.81. The molecule has 146 valence electrons. The van der Waals surface area contributed by atoms with Crippen LogP contribution in [0.25, 0.3) is 11.3 Å². The first kappa shape index (κ1) is 19.8. The molecule has 0 spiro atoms. The molecule has 0 bridgehead atoms. The van der Waals surface area contributed by atoms with E-state index >= 15 is 0 Å². The van der Waals surface area contributed by atoms with Gasteiger partial charge in [-0.25, -0.2) is 8.42 Å². The number of fused-ring (bicyclic) bond motifs is 1. The Bertz CT molecular complexity index is 1170. The Morgan fingerprint density at radius 3 is 2.41 bits per heavy atom. The molecule has 4 rings (SSSR count). The Morgan fingerprint density at radius 1 is 0.966 bits per heavy atom. The van der Waals surface area contributed by atoms with E-state index in [4.69, 9.17) is 28.6 Å². The number of ether oxygens (including phenoxy) is 1. The number of benzene rings is 3. The van der Waals surface area contributed by atoms with Crippen molar-refractivity contribution in [3.8, 4) is 5.75 Å². The number of allylic oxidation sites excluding steroid dienone is 1. The van der Waals surface area contributed by atoms with Crippen molar-refractivity contribution in [2.75, 3.05) is 0 Å². The van der Waals surface area contributed by atoms with Gasteiger partial charge >= 0.3 is 0 Å². The minimum atomic E-state index is -2.47. The third kappa shape index (κ3) is 4.13. The second-order valence-electron chi connectivity index (χ2n) is 6.69. The van der Waals surface area contributed by atoms with Crippen LogP contribution in [0, 0.1) is 0 Å². The van der Waals surface area contributed by atoms with Gasteiger partial charge in [-0.15, -0.1) is 0 Å². The van der Waals surface area contributed by atoms with E-state index in [0.29, 0.717) is 10.8 Å². The molecule has 1 atom stereocenters. The zero-order valence-electron chi connectivity index (χ0n) is 15.2. The lowest BCUT2D eigenvalue weighted by Crippen LogP contribution is -2.15. The second kappa shape index (κ2) is 8.49. The van der Waals surface area contributed by atoms with Gasteiger partial charge in [0.15, 0.2) is 0 Å². The van der Waals surface area contributed by atoms with E-state index in [2.05, 4.69) is 0 Å². The highest BCUT2D eigenvalue weighted by molar-refractivity contribution is 7.79. The SMILES string of the molecule is O=[SH](=O)Cc1ccc(C2=C(c3cccc(Cl)c3)C(C=S)c3ccccc3O2)cc1. The first-order chi connectivity index (χ1) is 14.1. The van der Waals surface area contributed by atoms with Gasteiger partial charge in [0.05, 0.1) is 5.75 Å². The predicted molar refractivity (Wildman–Crippen MR) is 122 cm³/mol. The number of hydrogen-bond acceptors (Lipinski definition) is 4. The topological polar surface area (TPSA) is 43.4 Å². The summed E-state index contributed by atoms with van der Waals surface area (Å²) in [7, 11) is -2.47. The quantitative estimate of drug-likeness (QED) is 0.420. The van der Waals surface area contributed by atoms with Crippen LogP contribution in [-0.4, -0.2) is 13.8 Å². The molecule has 0 saturated carbocycles. The maximum atomic E-state index is 11.0. The molecule has 3 nitrogen and oxygen atoms in total. The lowest BCUT2D eigenvalue weighted by Gasteiger charge is -2.29. The molecule has 1 aliphatic rings. The highest BCUT2D eigenvalue weighted by atomic mass is 35.5. The maximum Gasteiger partial charge on any atom is 0.144 e. The van der Waals surface area contributed by atoms with Crippen LogP contribution in [0.4, 0.5) is 0 Å². The minimum Gasteiger partial charge on any atom is -0.456 e. The van der Waals surface area contributed by atoms with Crippen molar-refractivity contribution in [1.29, 1.82) is 0 Å². The monoisotopic (exact) mass is 440 g/mol. The van der Waals surface area contributed by atoms with E-state index in [1.54, 1.807) is 17.5 Å². The van der Waals surface area contributed by atoms with Crippen molar-refractivity contribution in [3.05, 3.63) is 100 Å². The molecule has 0 radical (unpaired) electrons. The summed E-state index contributed by atoms with van der Waals surface area (Å²) in [5.41, 5.74) is 4.45. The van der Waals surface area contributed by atoms with Crippen molar-refractivity contribution in [2.24, 2.45) is 0 Å². The van der Waals surface area contributed by atoms with Crippen LogP contribution in [0.5, 0.6) is 5.75 Å². The van der Waals surface area contributed by atoms with Gasteiger partial charge in [-0.2, -0.15) is 0 Å². The van der Waals surface area contributed by atoms with E-state index in [-0.39, 0.29) is 11.7 Å². The van der Waals surface area contributed by atoms with Crippen molar-refractivity contribution < 1.29 is 13.2 Å². The number of para-hydroxylation sites is 1. The number of rotatable bonds is 5. The van der Waals surface area contributed by atoms with E-state index in [0.717, 1.165) is 33.6 Å². The summed E-state index contributed by atoms with van der Waals surface area (Å²) in [5.74, 6) is 1.32. The van der Waals surface area contributed by atoms with Crippen molar-refractivity contribution in [1.82, 2.24) is 0 Å². The van der Waals surface area contributed by atoms with Gasteiger partial charge in [0.2, 0.25) is 0 Å². The number of halogens is 1. The summed E-state index contributed by atoms with van der Waals surface area (Å²) >= 11 is 11.7. The van der Waals surface area contributed by atoms with E-state index in [1.165, 1.54) is 0 Å². The average molecular weight is 441 g/mol.